The van der Waals surface area contributed by atoms with Gasteiger partial charge in [-0.3, -0.25) is 9.78 Å². The maximum atomic E-state index is 11.3. The van der Waals surface area contributed by atoms with Gasteiger partial charge in [0.05, 0.1) is 29.1 Å². The number of hydrogen-bond donors (Lipinski definition) is 2. The van der Waals surface area contributed by atoms with Crippen molar-refractivity contribution < 1.29 is 14.7 Å². The lowest BCUT2D eigenvalue weighted by Crippen LogP contribution is -2.07. The Hall–Kier alpha value is -3.06. The van der Waals surface area contributed by atoms with Crippen LogP contribution in [0, 0.1) is 6.92 Å². The summed E-state index contributed by atoms with van der Waals surface area (Å²) in [6, 6.07) is 6.79. The zero-order valence-corrected chi connectivity index (χ0v) is 15.2. The fraction of sp³-hybridized carbons (Fsp3) is 0.167. The predicted octanol–water partition coefficient (Wildman–Crippen LogP) is 3.78. The van der Waals surface area contributed by atoms with Gasteiger partial charge in [-0.25, -0.2) is 4.98 Å². The van der Waals surface area contributed by atoms with Gasteiger partial charge in [-0.15, -0.1) is 0 Å². The molecule has 0 unspecified atom stereocenters. The number of carbonyl (C=O) groups is 1. The Kier molecular flexibility index (Phi) is 4.81. The van der Waals surface area contributed by atoms with E-state index in [4.69, 9.17) is 16.3 Å². The van der Waals surface area contributed by atoms with E-state index >= 15 is 0 Å². The lowest BCUT2D eigenvalue weighted by atomic mass is 10.1. The minimum absolute atomic E-state index is 0.250. The summed E-state index contributed by atoms with van der Waals surface area (Å²) in [4.78, 5) is 19.8. The predicted molar refractivity (Wildman–Crippen MR) is 98.7 cm³/mol. The van der Waals surface area contributed by atoms with Gasteiger partial charge in [0.25, 0.3) is 0 Å². The van der Waals surface area contributed by atoms with Gasteiger partial charge in [0.1, 0.15) is 11.4 Å². The Morgan fingerprint density at radius 1 is 1.38 bits per heavy atom. The van der Waals surface area contributed by atoms with E-state index in [1.807, 2.05) is 6.07 Å². The van der Waals surface area contributed by atoms with E-state index in [1.165, 1.54) is 14.0 Å². The molecule has 0 aliphatic carbocycles. The summed E-state index contributed by atoms with van der Waals surface area (Å²) in [7, 11) is 1.49. The number of halogens is 1. The van der Waals surface area contributed by atoms with Crippen molar-refractivity contribution in [1.29, 1.82) is 0 Å². The molecule has 0 saturated carbocycles. The van der Waals surface area contributed by atoms with Crippen LogP contribution in [0.2, 0.25) is 5.02 Å². The van der Waals surface area contributed by atoms with Crippen LogP contribution in [-0.2, 0) is 4.79 Å². The normalized spacial score (nSPS) is 10.6. The van der Waals surface area contributed by atoms with Crippen LogP contribution in [0.4, 0.5) is 5.69 Å². The molecule has 7 nitrogen and oxygen atoms in total. The smallest absolute Gasteiger partial charge is 0.221 e. The van der Waals surface area contributed by atoms with Gasteiger partial charge in [-0.05, 0) is 25.1 Å². The molecule has 0 atom stereocenters. The van der Waals surface area contributed by atoms with Gasteiger partial charge in [0.15, 0.2) is 5.82 Å². The van der Waals surface area contributed by atoms with Crippen LogP contribution in [0.25, 0.3) is 22.6 Å². The van der Waals surface area contributed by atoms with Crippen molar-refractivity contribution in [2.75, 3.05) is 12.4 Å². The molecule has 0 spiro atoms. The van der Waals surface area contributed by atoms with Crippen molar-refractivity contribution in [3.63, 3.8) is 0 Å². The molecule has 1 aromatic carbocycles. The van der Waals surface area contributed by atoms with Crippen molar-refractivity contribution in [1.82, 2.24) is 14.7 Å². The van der Waals surface area contributed by atoms with E-state index in [2.05, 4.69) is 15.3 Å². The third kappa shape index (κ3) is 3.21. The summed E-state index contributed by atoms with van der Waals surface area (Å²) in [5, 5.41) is 13.6. The molecular formula is C18H17ClN4O3. The molecule has 26 heavy (non-hydrogen) atoms. The molecule has 3 rings (SSSR count). The number of hydrogen-bond acceptors (Lipinski definition) is 5. The number of rotatable bonds is 4. The first-order valence-electron chi connectivity index (χ1n) is 7.77. The number of pyridine rings is 1. The van der Waals surface area contributed by atoms with Gasteiger partial charge in [0.2, 0.25) is 5.91 Å². The molecule has 0 aliphatic heterocycles. The van der Waals surface area contributed by atoms with Crippen LogP contribution in [0.3, 0.4) is 0 Å². The minimum Gasteiger partial charge on any atom is -0.496 e. The lowest BCUT2D eigenvalue weighted by Gasteiger charge is -2.13. The number of methoxy groups -OCH3 is 1. The van der Waals surface area contributed by atoms with Gasteiger partial charge in [0, 0.05) is 30.9 Å². The highest BCUT2D eigenvalue weighted by molar-refractivity contribution is 6.34. The number of benzene rings is 1. The van der Waals surface area contributed by atoms with Crippen LogP contribution in [0.5, 0.6) is 5.75 Å². The number of nitrogens with zero attached hydrogens (tertiary/aromatic N) is 3. The van der Waals surface area contributed by atoms with Gasteiger partial charge >= 0.3 is 0 Å². The Balaban J connectivity index is 2.16. The SMILES string of the molecule is COc1cc(NC(C)=O)c(Cl)cc1-c1nc(C)c(-c2cccnc2)n1O. The lowest BCUT2D eigenvalue weighted by molar-refractivity contribution is -0.114. The maximum Gasteiger partial charge on any atom is 0.221 e. The first kappa shape index (κ1) is 17.8. The fourth-order valence-corrected chi connectivity index (χ4v) is 2.92. The first-order chi connectivity index (χ1) is 12.4. The number of ether oxygens (including phenoxy) is 1. The Bertz CT molecular complexity index is 970. The van der Waals surface area contributed by atoms with Crippen LogP contribution < -0.4 is 10.1 Å². The van der Waals surface area contributed by atoms with E-state index in [1.54, 1.807) is 37.5 Å². The van der Waals surface area contributed by atoms with Crippen LogP contribution in [0.1, 0.15) is 12.6 Å². The fourth-order valence-electron chi connectivity index (χ4n) is 2.71. The number of aryl methyl sites for hydroxylation is 1. The molecule has 8 heteroatoms. The summed E-state index contributed by atoms with van der Waals surface area (Å²) in [5.74, 6) is 0.436. The Morgan fingerprint density at radius 2 is 2.15 bits per heavy atom. The standard InChI is InChI=1S/C18H17ClN4O3/c1-10-17(12-5-4-6-20-9-12)23(25)18(21-10)13-7-14(19)15(22-11(2)24)8-16(13)26-3/h4-9,25H,1-3H3,(H,22,24). The number of amides is 1. The monoisotopic (exact) mass is 372 g/mol. The number of carbonyl (C=O) groups excluding carboxylic acids is 1. The van der Waals surface area contributed by atoms with E-state index in [-0.39, 0.29) is 11.7 Å². The van der Waals surface area contributed by atoms with E-state index in [9.17, 15) is 10.0 Å². The molecule has 2 N–H and O–H groups in total. The number of anilines is 1. The highest BCUT2D eigenvalue weighted by Gasteiger charge is 2.21. The molecule has 2 heterocycles. The van der Waals surface area contributed by atoms with Crippen molar-refractivity contribution >= 4 is 23.2 Å². The largest absolute Gasteiger partial charge is 0.496 e. The zero-order valence-electron chi connectivity index (χ0n) is 14.4. The van der Waals surface area contributed by atoms with E-state index < -0.39 is 0 Å². The van der Waals surface area contributed by atoms with Gasteiger partial charge in [-0.1, -0.05) is 11.6 Å². The van der Waals surface area contributed by atoms with Crippen LogP contribution in [0.15, 0.2) is 36.7 Å². The summed E-state index contributed by atoms with van der Waals surface area (Å²) in [6.07, 6.45) is 3.30. The third-order valence-electron chi connectivity index (χ3n) is 3.80. The Labute approximate surface area is 155 Å². The highest BCUT2D eigenvalue weighted by Crippen LogP contribution is 2.38. The quantitative estimate of drug-likeness (QED) is 0.680. The van der Waals surface area contributed by atoms with E-state index in [0.29, 0.717) is 33.4 Å². The molecule has 2 aromatic heterocycles. The minimum atomic E-state index is -0.250. The summed E-state index contributed by atoms with van der Waals surface area (Å²) in [5.41, 5.74) is 2.79. The second kappa shape index (κ2) is 7.05. The molecule has 3 aromatic rings. The average Bonchev–Trinajstić information content (AvgIpc) is 2.91. The second-order valence-electron chi connectivity index (χ2n) is 5.64. The number of imidazole rings is 1. The van der Waals surface area contributed by atoms with E-state index in [0.717, 1.165) is 10.3 Å². The molecule has 134 valence electrons. The highest BCUT2D eigenvalue weighted by atomic mass is 35.5. The van der Waals surface area contributed by atoms with Crippen molar-refractivity contribution in [3.05, 3.63) is 47.4 Å². The molecule has 0 radical (unpaired) electrons. The molecule has 0 saturated heterocycles. The molecular weight excluding hydrogens is 356 g/mol. The van der Waals surface area contributed by atoms with Crippen molar-refractivity contribution in [3.8, 4) is 28.4 Å². The first-order valence-corrected chi connectivity index (χ1v) is 8.14. The molecule has 1 amide bonds. The number of aromatic nitrogens is 3. The summed E-state index contributed by atoms with van der Waals surface area (Å²) in [6.45, 7) is 3.18. The topological polar surface area (TPSA) is 89.3 Å². The van der Waals surface area contributed by atoms with Crippen LogP contribution >= 0.6 is 11.6 Å². The zero-order chi connectivity index (χ0) is 18.8. The molecule has 0 bridgehead atoms. The van der Waals surface area contributed by atoms with Crippen molar-refractivity contribution in [2.24, 2.45) is 0 Å². The average molecular weight is 373 g/mol. The van der Waals surface area contributed by atoms with Crippen molar-refractivity contribution in [2.45, 2.75) is 13.8 Å². The number of nitrogens with one attached hydrogen (secondary N) is 1. The van der Waals surface area contributed by atoms with Gasteiger partial charge < -0.3 is 15.3 Å². The Morgan fingerprint density at radius 3 is 2.77 bits per heavy atom. The van der Waals surface area contributed by atoms with Crippen LogP contribution in [-0.4, -0.2) is 32.9 Å². The van der Waals surface area contributed by atoms with Gasteiger partial charge in [-0.2, -0.15) is 4.73 Å². The third-order valence-corrected chi connectivity index (χ3v) is 4.12. The molecule has 0 fully saturated rings. The summed E-state index contributed by atoms with van der Waals surface area (Å²) < 4.78 is 6.38. The second-order valence-corrected chi connectivity index (χ2v) is 6.04. The molecule has 0 aliphatic rings. The maximum absolute atomic E-state index is 11.3. The summed E-state index contributed by atoms with van der Waals surface area (Å²) >= 11 is 6.27.